The molecular weight excluding hydrogens is 417 g/mol. The third kappa shape index (κ3) is 4.25. The van der Waals surface area contributed by atoms with Crippen LogP contribution in [-0.4, -0.2) is 23.9 Å². The van der Waals surface area contributed by atoms with Gasteiger partial charge in [-0.3, -0.25) is 4.79 Å². The number of halogens is 4. The zero-order chi connectivity index (χ0) is 21.5. The van der Waals surface area contributed by atoms with Crippen LogP contribution in [0.4, 0.5) is 13.2 Å². The lowest BCUT2D eigenvalue weighted by Crippen LogP contribution is -2.48. The number of ether oxygens (including phenoxy) is 1. The Balaban J connectivity index is 1.80. The van der Waals surface area contributed by atoms with Gasteiger partial charge in [-0.1, -0.05) is 54.8 Å². The molecule has 0 aromatic heterocycles. The van der Waals surface area contributed by atoms with Crippen molar-refractivity contribution in [2.75, 3.05) is 6.61 Å². The van der Waals surface area contributed by atoms with Gasteiger partial charge in [0.05, 0.1) is 12.5 Å². The molecule has 1 aromatic rings. The van der Waals surface area contributed by atoms with Crippen LogP contribution in [0.5, 0.6) is 0 Å². The fraction of sp³-hybridized carbons (Fsp3) is 0.522. The van der Waals surface area contributed by atoms with E-state index in [9.17, 15) is 23.1 Å². The Bertz CT molecular complexity index is 869. The molecule has 0 spiro atoms. The van der Waals surface area contributed by atoms with Crippen molar-refractivity contribution in [1.29, 1.82) is 0 Å². The van der Waals surface area contributed by atoms with E-state index in [4.69, 9.17) is 16.3 Å². The van der Waals surface area contributed by atoms with Gasteiger partial charge < -0.3 is 9.84 Å². The molecule has 3 aliphatic carbocycles. The van der Waals surface area contributed by atoms with Crippen LogP contribution in [-0.2, 0) is 9.53 Å². The minimum atomic E-state index is -4.78. The van der Waals surface area contributed by atoms with Crippen LogP contribution in [0.1, 0.15) is 44.1 Å². The Morgan fingerprint density at radius 1 is 1.17 bits per heavy atom. The van der Waals surface area contributed by atoms with E-state index in [1.54, 1.807) is 24.3 Å². The van der Waals surface area contributed by atoms with Crippen molar-refractivity contribution in [3.05, 3.63) is 52.8 Å². The second-order valence-electron chi connectivity index (χ2n) is 8.69. The normalized spacial score (nSPS) is 25.7. The summed E-state index contributed by atoms with van der Waals surface area (Å²) in [6.07, 6.45) is -0.859. The monoisotopic (exact) mass is 440 g/mol. The number of carboxylic acids is 1. The number of hydrogen-bond donors (Lipinski definition) is 1. The number of benzene rings is 1. The number of carbonyl (C=O) groups is 1. The highest BCUT2D eigenvalue weighted by Gasteiger charge is 2.62. The fourth-order valence-electron chi connectivity index (χ4n) is 4.17. The number of alkyl halides is 3. The smallest absolute Gasteiger partial charge is 0.399 e. The summed E-state index contributed by atoms with van der Waals surface area (Å²) in [6.45, 7) is 0.306. The molecule has 162 valence electrons. The number of allylic oxidation sites excluding steroid dienone is 3. The van der Waals surface area contributed by atoms with Gasteiger partial charge in [0.15, 0.2) is 0 Å². The lowest BCUT2D eigenvalue weighted by molar-refractivity contribution is -0.228. The Morgan fingerprint density at radius 2 is 1.80 bits per heavy atom. The predicted molar refractivity (Wildman–Crippen MR) is 108 cm³/mol. The highest BCUT2D eigenvalue weighted by molar-refractivity contribution is 6.33. The van der Waals surface area contributed by atoms with E-state index in [1.807, 2.05) is 6.07 Å². The fourth-order valence-corrected chi connectivity index (χ4v) is 4.59. The second kappa shape index (κ2) is 7.95. The molecule has 0 amide bonds. The zero-order valence-corrected chi connectivity index (χ0v) is 17.2. The molecule has 2 fully saturated rings. The van der Waals surface area contributed by atoms with Crippen LogP contribution in [0.2, 0.25) is 0 Å². The van der Waals surface area contributed by atoms with Gasteiger partial charge >= 0.3 is 12.1 Å². The topological polar surface area (TPSA) is 46.5 Å². The first-order valence-corrected chi connectivity index (χ1v) is 10.7. The Hall–Kier alpha value is -1.95. The van der Waals surface area contributed by atoms with E-state index in [0.717, 1.165) is 31.8 Å². The van der Waals surface area contributed by atoms with Gasteiger partial charge in [-0.05, 0) is 42.7 Å². The van der Waals surface area contributed by atoms with Crippen molar-refractivity contribution < 1.29 is 27.8 Å². The van der Waals surface area contributed by atoms with Crippen molar-refractivity contribution in [2.24, 2.45) is 23.2 Å². The molecule has 3 aliphatic rings. The van der Waals surface area contributed by atoms with Crippen LogP contribution < -0.4 is 0 Å². The van der Waals surface area contributed by atoms with Crippen LogP contribution in [0.3, 0.4) is 0 Å². The van der Waals surface area contributed by atoms with Gasteiger partial charge in [0.1, 0.15) is 11.2 Å². The third-order valence-electron chi connectivity index (χ3n) is 6.30. The third-order valence-corrected chi connectivity index (χ3v) is 6.62. The maximum absolute atomic E-state index is 14.5. The maximum atomic E-state index is 14.5. The number of carboxylic acid groups (broad SMARTS) is 1. The molecule has 1 N–H and O–H groups in total. The Kier molecular flexibility index (Phi) is 5.64. The quantitative estimate of drug-likeness (QED) is 0.508. The zero-order valence-electron chi connectivity index (χ0n) is 16.4. The van der Waals surface area contributed by atoms with Crippen molar-refractivity contribution in [1.82, 2.24) is 0 Å². The molecule has 2 unspecified atom stereocenters. The summed E-state index contributed by atoms with van der Waals surface area (Å²) in [7, 11) is 0. The molecule has 2 atom stereocenters. The van der Waals surface area contributed by atoms with Gasteiger partial charge in [-0.25, -0.2) is 0 Å². The van der Waals surface area contributed by atoms with E-state index in [-0.39, 0.29) is 23.1 Å². The summed E-state index contributed by atoms with van der Waals surface area (Å²) in [5.74, 6) is -2.65. The van der Waals surface area contributed by atoms with Gasteiger partial charge in [0, 0.05) is 17.0 Å². The summed E-state index contributed by atoms with van der Waals surface area (Å²) in [5, 5.41) is 9.78. The average Bonchev–Trinajstić information content (AvgIpc) is 3.59. The van der Waals surface area contributed by atoms with Gasteiger partial charge in [-0.15, -0.1) is 0 Å². The summed E-state index contributed by atoms with van der Waals surface area (Å²) >= 11 is 6.50. The van der Waals surface area contributed by atoms with Crippen LogP contribution >= 0.6 is 11.6 Å². The summed E-state index contributed by atoms with van der Waals surface area (Å²) < 4.78 is 49.4. The average molecular weight is 441 g/mol. The van der Waals surface area contributed by atoms with Crippen molar-refractivity contribution in [2.45, 2.75) is 44.7 Å². The first-order chi connectivity index (χ1) is 14.2. The van der Waals surface area contributed by atoms with Crippen molar-refractivity contribution >= 4 is 23.1 Å². The second-order valence-corrected chi connectivity index (χ2v) is 9.15. The van der Waals surface area contributed by atoms with E-state index in [1.165, 1.54) is 0 Å². The molecule has 7 heteroatoms. The number of hydrogen-bond acceptors (Lipinski definition) is 2. The van der Waals surface area contributed by atoms with Crippen molar-refractivity contribution in [3.8, 4) is 0 Å². The number of rotatable bonds is 8. The summed E-state index contributed by atoms with van der Waals surface area (Å²) in [4.78, 5) is 12.0. The predicted octanol–water partition coefficient (Wildman–Crippen LogP) is 6.40. The summed E-state index contributed by atoms with van der Waals surface area (Å²) in [5.41, 5.74) is -1.50. The molecule has 0 bridgehead atoms. The molecule has 0 aliphatic heterocycles. The SMILES string of the molecule is O=C(O)C(CC1CC1)C1(C(F)(F)F)C=C(OCC2CC2)C(c2ccccc2)=C(Cl)C1. The van der Waals surface area contributed by atoms with Gasteiger partial charge in [0.25, 0.3) is 0 Å². The van der Waals surface area contributed by atoms with E-state index < -0.39 is 29.9 Å². The molecule has 4 rings (SSSR count). The van der Waals surface area contributed by atoms with Crippen LogP contribution in [0.25, 0.3) is 5.57 Å². The number of aliphatic carboxylic acids is 1. The molecule has 2 saturated carbocycles. The first-order valence-electron chi connectivity index (χ1n) is 10.3. The van der Waals surface area contributed by atoms with Crippen LogP contribution in [0.15, 0.2) is 47.2 Å². The standard InChI is InChI=1S/C23H24ClF3O3/c24-18-11-22(23(25,26)27,17(21(28)29)10-14-6-7-14)12-19(30-13-15-8-9-15)20(18)16-4-2-1-3-5-16/h1-5,12,14-15,17H,6-11,13H2,(H,28,29). The van der Waals surface area contributed by atoms with Gasteiger partial charge in [0.2, 0.25) is 0 Å². The molecule has 0 saturated heterocycles. The van der Waals surface area contributed by atoms with E-state index in [2.05, 4.69) is 0 Å². The minimum Gasteiger partial charge on any atom is -0.493 e. The molecular formula is C23H24ClF3O3. The Morgan fingerprint density at radius 3 is 2.33 bits per heavy atom. The van der Waals surface area contributed by atoms with E-state index in [0.29, 0.717) is 23.7 Å². The highest BCUT2D eigenvalue weighted by Crippen LogP contribution is 2.58. The van der Waals surface area contributed by atoms with Crippen LogP contribution in [0, 0.1) is 23.2 Å². The van der Waals surface area contributed by atoms with Crippen molar-refractivity contribution in [3.63, 3.8) is 0 Å². The van der Waals surface area contributed by atoms with Gasteiger partial charge in [-0.2, -0.15) is 13.2 Å². The maximum Gasteiger partial charge on any atom is 0.399 e. The molecule has 0 heterocycles. The lowest BCUT2D eigenvalue weighted by atomic mass is 9.66. The summed E-state index contributed by atoms with van der Waals surface area (Å²) in [6, 6.07) is 8.91. The molecule has 0 radical (unpaired) electrons. The molecule has 30 heavy (non-hydrogen) atoms. The molecule has 3 nitrogen and oxygen atoms in total. The highest BCUT2D eigenvalue weighted by atomic mass is 35.5. The van der Waals surface area contributed by atoms with E-state index >= 15 is 0 Å². The molecule has 1 aromatic carbocycles. The first kappa shape index (κ1) is 21.3. The Labute approximate surface area is 178 Å². The largest absolute Gasteiger partial charge is 0.493 e. The lowest BCUT2D eigenvalue weighted by Gasteiger charge is -2.41. The minimum absolute atomic E-state index is 0.00568.